The lowest BCUT2D eigenvalue weighted by molar-refractivity contribution is 0.669. The predicted octanol–water partition coefficient (Wildman–Crippen LogP) is 11.0. The summed E-state index contributed by atoms with van der Waals surface area (Å²) in [5.41, 5.74) is 12.5. The highest BCUT2D eigenvalue weighted by atomic mass is 16.3. The number of hydrogen-bond acceptors (Lipinski definition) is 3. The van der Waals surface area contributed by atoms with Crippen molar-refractivity contribution in [2.24, 2.45) is 0 Å². The fourth-order valence-electron chi connectivity index (χ4n) is 5.97. The molecule has 3 nitrogen and oxygen atoms in total. The minimum Gasteiger partial charge on any atom is -0.456 e. The van der Waals surface area contributed by atoms with Crippen LogP contribution in [0.3, 0.4) is 0 Å². The Bertz CT molecular complexity index is 2230. The summed E-state index contributed by atoms with van der Waals surface area (Å²) >= 11 is 0. The van der Waals surface area contributed by atoms with Gasteiger partial charge in [-0.2, -0.15) is 0 Å². The molecule has 0 aliphatic rings. The first-order chi connectivity index (χ1) is 21.7. The number of fused-ring (bicyclic) bond motifs is 3. The first kappa shape index (κ1) is 25.9. The molecule has 8 rings (SSSR count). The number of aromatic nitrogens is 2. The van der Waals surface area contributed by atoms with E-state index in [1.165, 1.54) is 11.1 Å². The molecule has 44 heavy (non-hydrogen) atoms. The molecule has 0 unspecified atom stereocenters. The molecule has 0 saturated carbocycles. The van der Waals surface area contributed by atoms with Gasteiger partial charge in [-0.05, 0) is 77.2 Å². The largest absolute Gasteiger partial charge is 0.456 e. The molecular weight excluding hydrogens is 536 g/mol. The third-order valence-corrected chi connectivity index (χ3v) is 8.22. The van der Waals surface area contributed by atoms with Crippen molar-refractivity contribution in [2.45, 2.75) is 6.92 Å². The van der Waals surface area contributed by atoms with Crippen molar-refractivity contribution in [3.8, 4) is 56.2 Å². The first-order valence-electron chi connectivity index (χ1n) is 14.8. The van der Waals surface area contributed by atoms with E-state index in [4.69, 9.17) is 14.4 Å². The maximum absolute atomic E-state index is 6.14. The van der Waals surface area contributed by atoms with Gasteiger partial charge in [-0.1, -0.05) is 109 Å². The van der Waals surface area contributed by atoms with Crippen LogP contribution in [0.2, 0.25) is 0 Å². The number of aryl methyl sites for hydroxylation is 1. The molecule has 0 fully saturated rings. The van der Waals surface area contributed by atoms with Gasteiger partial charge in [-0.25, -0.2) is 9.97 Å². The molecule has 208 valence electrons. The monoisotopic (exact) mass is 564 g/mol. The minimum atomic E-state index is 0.705. The van der Waals surface area contributed by atoms with Crippen LogP contribution in [0.1, 0.15) is 5.56 Å². The molecule has 0 aliphatic carbocycles. The van der Waals surface area contributed by atoms with Crippen LogP contribution in [0, 0.1) is 6.92 Å². The molecule has 2 aromatic heterocycles. The number of nitrogens with zero attached hydrogens (tertiary/aromatic N) is 2. The van der Waals surface area contributed by atoms with Crippen LogP contribution in [0.4, 0.5) is 0 Å². The summed E-state index contributed by atoms with van der Waals surface area (Å²) in [6, 6.07) is 52.6. The van der Waals surface area contributed by atoms with E-state index in [1.54, 1.807) is 0 Å². The smallest absolute Gasteiger partial charge is 0.160 e. The van der Waals surface area contributed by atoms with E-state index in [1.807, 2.05) is 48.5 Å². The third kappa shape index (κ3) is 4.75. The van der Waals surface area contributed by atoms with Gasteiger partial charge in [0.15, 0.2) is 5.82 Å². The van der Waals surface area contributed by atoms with Gasteiger partial charge in [0, 0.05) is 27.5 Å². The lowest BCUT2D eigenvalue weighted by Gasteiger charge is -2.14. The Morgan fingerprint density at radius 3 is 1.82 bits per heavy atom. The Morgan fingerprint density at radius 2 is 1.02 bits per heavy atom. The summed E-state index contributed by atoms with van der Waals surface area (Å²) in [4.78, 5) is 10.2. The second kappa shape index (κ2) is 10.8. The number of rotatable bonds is 5. The molecule has 0 amide bonds. The van der Waals surface area contributed by atoms with Crippen LogP contribution >= 0.6 is 0 Å². The number of benzene rings is 6. The maximum Gasteiger partial charge on any atom is 0.160 e. The molecule has 0 aliphatic heterocycles. The van der Waals surface area contributed by atoms with E-state index in [9.17, 15) is 0 Å². The first-order valence-corrected chi connectivity index (χ1v) is 14.8. The quantitative estimate of drug-likeness (QED) is 0.209. The molecule has 3 heteroatoms. The van der Waals surface area contributed by atoms with Gasteiger partial charge >= 0.3 is 0 Å². The molecule has 0 atom stereocenters. The zero-order valence-electron chi connectivity index (χ0n) is 24.2. The Kier molecular flexibility index (Phi) is 6.35. The predicted molar refractivity (Wildman–Crippen MR) is 181 cm³/mol. The Morgan fingerprint density at radius 1 is 0.409 bits per heavy atom. The highest BCUT2D eigenvalue weighted by Gasteiger charge is 2.15. The lowest BCUT2D eigenvalue weighted by atomic mass is 9.92. The van der Waals surface area contributed by atoms with Crippen molar-refractivity contribution < 1.29 is 4.42 Å². The molecule has 0 N–H and O–H groups in total. The average molecular weight is 565 g/mol. The molecular formula is C41H28N2O. The second-order valence-electron chi connectivity index (χ2n) is 11.1. The zero-order chi connectivity index (χ0) is 29.5. The van der Waals surface area contributed by atoms with E-state index in [0.29, 0.717) is 5.82 Å². The number of furan rings is 1. The Balaban J connectivity index is 1.37. The molecule has 0 bridgehead atoms. The summed E-state index contributed by atoms with van der Waals surface area (Å²) in [6.45, 7) is 2.16. The molecule has 6 aromatic carbocycles. The van der Waals surface area contributed by atoms with E-state index in [0.717, 1.165) is 66.7 Å². The van der Waals surface area contributed by atoms with Gasteiger partial charge in [0.05, 0.1) is 11.4 Å². The van der Waals surface area contributed by atoms with Crippen LogP contribution in [0.5, 0.6) is 0 Å². The third-order valence-electron chi connectivity index (χ3n) is 8.22. The SMILES string of the molecule is Cc1ccccc1-c1cc(-c2ccc3oc4ccccc4c3c2)cc(-c2cc(-c3ccccc3)nc(-c3ccccc3)n2)c1. The van der Waals surface area contributed by atoms with E-state index >= 15 is 0 Å². The number of hydrogen-bond donors (Lipinski definition) is 0. The van der Waals surface area contributed by atoms with Crippen LogP contribution < -0.4 is 0 Å². The van der Waals surface area contributed by atoms with Gasteiger partial charge in [0.25, 0.3) is 0 Å². The normalized spacial score (nSPS) is 11.3. The van der Waals surface area contributed by atoms with Gasteiger partial charge in [-0.15, -0.1) is 0 Å². The average Bonchev–Trinajstić information content (AvgIpc) is 3.47. The van der Waals surface area contributed by atoms with Crippen molar-refractivity contribution in [3.63, 3.8) is 0 Å². The van der Waals surface area contributed by atoms with Crippen molar-refractivity contribution in [1.29, 1.82) is 0 Å². The van der Waals surface area contributed by atoms with Crippen molar-refractivity contribution in [2.75, 3.05) is 0 Å². The summed E-state index contributed by atoms with van der Waals surface area (Å²) < 4.78 is 6.14. The molecule has 0 radical (unpaired) electrons. The van der Waals surface area contributed by atoms with E-state index in [2.05, 4.69) is 110 Å². The van der Waals surface area contributed by atoms with Crippen molar-refractivity contribution in [3.05, 3.63) is 157 Å². The van der Waals surface area contributed by atoms with Gasteiger partial charge in [0.1, 0.15) is 11.2 Å². The highest BCUT2D eigenvalue weighted by Crippen LogP contribution is 2.37. The van der Waals surface area contributed by atoms with Crippen LogP contribution in [0.15, 0.2) is 156 Å². The summed E-state index contributed by atoms with van der Waals surface area (Å²) in [7, 11) is 0. The summed E-state index contributed by atoms with van der Waals surface area (Å²) in [6.07, 6.45) is 0. The van der Waals surface area contributed by atoms with Gasteiger partial charge in [0.2, 0.25) is 0 Å². The molecule has 2 heterocycles. The topological polar surface area (TPSA) is 38.9 Å². The second-order valence-corrected chi connectivity index (χ2v) is 11.1. The zero-order valence-corrected chi connectivity index (χ0v) is 24.2. The van der Waals surface area contributed by atoms with Gasteiger partial charge < -0.3 is 4.42 Å². The minimum absolute atomic E-state index is 0.705. The van der Waals surface area contributed by atoms with Crippen LogP contribution in [-0.4, -0.2) is 9.97 Å². The Hall–Kier alpha value is -5.80. The van der Waals surface area contributed by atoms with E-state index < -0.39 is 0 Å². The van der Waals surface area contributed by atoms with Gasteiger partial charge in [-0.3, -0.25) is 0 Å². The maximum atomic E-state index is 6.14. The summed E-state index contributed by atoms with van der Waals surface area (Å²) in [5, 5.41) is 2.23. The molecule has 8 aromatic rings. The fourth-order valence-corrected chi connectivity index (χ4v) is 5.97. The lowest BCUT2D eigenvalue weighted by Crippen LogP contribution is -1.96. The van der Waals surface area contributed by atoms with Crippen molar-refractivity contribution >= 4 is 21.9 Å². The Labute approximate surface area is 256 Å². The molecule has 0 saturated heterocycles. The van der Waals surface area contributed by atoms with E-state index in [-0.39, 0.29) is 0 Å². The number of para-hydroxylation sites is 1. The summed E-state index contributed by atoms with van der Waals surface area (Å²) in [5.74, 6) is 0.705. The fraction of sp³-hybridized carbons (Fsp3) is 0.0244. The van der Waals surface area contributed by atoms with Crippen molar-refractivity contribution in [1.82, 2.24) is 9.97 Å². The standard InChI is InChI=1S/C41H28N2O/c1-27-12-8-9-17-34(27)32-22-31(30-20-21-40-36(25-30)35-18-10-11-19-39(35)44-40)23-33(24-32)38-26-37(28-13-4-2-5-14-28)42-41(43-38)29-15-6-3-7-16-29/h2-26H,1H3. The highest BCUT2D eigenvalue weighted by molar-refractivity contribution is 6.06. The van der Waals surface area contributed by atoms with Crippen LogP contribution in [-0.2, 0) is 0 Å². The van der Waals surface area contributed by atoms with Crippen LogP contribution in [0.25, 0.3) is 78.1 Å². The molecule has 0 spiro atoms.